The van der Waals surface area contributed by atoms with Crippen LogP contribution in [0.2, 0.25) is 10.0 Å². The second kappa shape index (κ2) is 5.35. The molecule has 0 amide bonds. The number of aryl methyl sites for hydroxylation is 1. The van der Waals surface area contributed by atoms with E-state index in [2.05, 4.69) is 15.5 Å². The molecule has 0 aliphatic rings. The Hall–Kier alpha value is -2.11. The summed E-state index contributed by atoms with van der Waals surface area (Å²) in [5, 5.41) is 12.8. The fourth-order valence-electron chi connectivity index (χ4n) is 2.03. The van der Waals surface area contributed by atoms with Crippen molar-refractivity contribution in [2.45, 2.75) is 6.92 Å². The summed E-state index contributed by atoms with van der Waals surface area (Å²) in [6, 6.07) is 10.9. The number of halogens is 2. The number of tetrazole rings is 1. The predicted molar refractivity (Wildman–Crippen MR) is 83.8 cm³/mol. The highest BCUT2D eigenvalue weighted by Gasteiger charge is 2.17. The molecule has 0 fully saturated rings. The normalized spacial score (nSPS) is 10.8. The van der Waals surface area contributed by atoms with E-state index < -0.39 is 0 Å². The highest BCUT2D eigenvalue weighted by atomic mass is 35.5. The van der Waals surface area contributed by atoms with Crippen LogP contribution < -0.4 is 5.73 Å². The lowest BCUT2D eigenvalue weighted by Crippen LogP contribution is -2.03. The van der Waals surface area contributed by atoms with Gasteiger partial charge in [0.2, 0.25) is 0 Å². The second-order valence-corrected chi connectivity index (χ2v) is 5.35. The van der Waals surface area contributed by atoms with E-state index in [0.717, 1.165) is 11.1 Å². The van der Waals surface area contributed by atoms with Gasteiger partial charge in [-0.05, 0) is 41.1 Å². The van der Waals surface area contributed by atoms with E-state index in [0.29, 0.717) is 27.2 Å². The van der Waals surface area contributed by atoms with Crippen molar-refractivity contribution >= 4 is 28.9 Å². The predicted octanol–water partition coefficient (Wildman–Crippen LogP) is 3.53. The van der Waals surface area contributed by atoms with Crippen molar-refractivity contribution in [1.29, 1.82) is 0 Å². The summed E-state index contributed by atoms with van der Waals surface area (Å²) >= 11 is 12.6. The maximum atomic E-state index is 6.36. The maximum absolute atomic E-state index is 6.36. The number of aromatic nitrogens is 4. The van der Waals surface area contributed by atoms with Crippen molar-refractivity contribution in [2.75, 3.05) is 5.73 Å². The van der Waals surface area contributed by atoms with Gasteiger partial charge in [-0.15, -0.1) is 5.10 Å². The molecule has 106 valence electrons. The van der Waals surface area contributed by atoms with Gasteiger partial charge in [-0.25, -0.2) is 0 Å². The standard InChI is InChI=1S/C14H11Cl2N5/c1-8-5-6-11(15)13(12(8)16)21-14(18-19-20-21)9-3-2-4-10(17)7-9/h2-7H,17H2,1H3. The largest absolute Gasteiger partial charge is 0.399 e. The Labute approximate surface area is 131 Å². The van der Waals surface area contributed by atoms with Gasteiger partial charge >= 0.3 is 0 Å². The van der Waals surface area contributed by atoms with Crippen LogP contribution in [0.1, 0.15) is 5.56 Å². The monoisotopic (exact) mass is 319 g/mol. The molecule has 0 saturated heterocycles. The Kier molecular flexibility index (Phi) is 3.53. The zero-order chi connectivity index (χ0) is 15.0. The minimum atomic E-state index is 0.475. The summed E-state index contributed by atoms with van der Waals surface area (Å²) in [6.07, 6.45) is 0. The van der Waals surface area contributed by atoms with Crippen LogP contribution in [0.3, 0.4) is 0 Å². The lowest BCUT2D eigenvalue weighted by Gasteiger charge is -2.10. The molecule has 1 aromatic heterocycles. The molecule has 0 radical (unpaired) electrons. The van der Waals surface area contributed by atoms with Crippen LogP contribution in [0.4, 0.5) is 5.69 Å². The molecule has 21 heavy (non-hydrogen) atoms. The van der Waals surface area contributed by atoms with Crippen LogP contribution in [-0.2, 0) is 0 Å². The fraction of sp³-hybridized carbons (Fsp3) is 0.0714. The molecular formula is C14H11Cl2N5. The summed E-state index contributed by atoms with van der Waals surface area (Å²) in [6.45, 7) is 1.90. The van der Waals surface area contributed by atoms with E-state index in [-0.39, 0.29) is 0 Å². The smallest absolute Gasteiger partial charge is 0.187 e. The molecule has 0 saturated carbocycles. The van der Waals surface area contributed by atoms with Crippen LogP contribution in [0.5, 0.6) is 0 Å². The van der Waals surface area contributed by atoms with Crippen LogP contribution >= 0.6 is 23.2 Å². The van der Waals surface area contributed by atoms with Gasteiger partial charge in [-0.1, -0.05) is 41.4 Å². The molecule has 0 aliphatic heterocycles. The molecule has 0 aliphatic carbocycles. The number of hydrogen-bond donors (Lipinski definition) is 1. The van der Waals surface area contributed by atoms with Gasteiger partial charge in [-0.2, -0.15) is 4.68 Å². The Morgan fingerprint density at radius 3 is 2.71 bits per heavy atom. The molecule has 2 aromatic carbocycles. The number of nitrogens with two attached hydrogens (primary N) is 1. The quantitative estimate of drug-likeness (QED) is 0.733. The molecule has 5 nitrogen and oxygen atoms in total. The van der Waals surface area contributed by atoms with Gasteiger partial charge < -0.3 is 5.73 Å². The van der Waals surface area contributed by atoms with Crippen LogP contribution in [0, 0.1) is 6.92 Å². The van der Waals surface area contributed by atoms with E-state index in [4.69, 9.17) is 28.9 Å². The summed E-state index contributed by atoms with van der Waals surface area (Å²) in [5.41, 5.74) is 8.67. The fourth-order valence-corrected chi connectivity index (χ4v) is 2.56. The third-order valence-electron chi connectivity index (χ3n) is 3.09. The molecule has 2 N–H and O–H groups in total. The summed E-state index contributed by atoms with van der Waals surface area (Å²) < 4.78 is 1.52. The van der Waals surface area contributed by atoms with Crippen molar-refractivity contribution in [3.63, 3.8) is 0 Å². The van der Waals surface area contributed by atoms with E-state index in [1.165, 1.54) is 4.68 Å². The first-order valence-corrected chi connectivity index (χ1v) is 6.93. The summed E-state index contributed by atoms with van der Waals surface area (Å²) in [7, 11) is 0. The molecule has 3 rings (SSSR count). The topological polar surface area (TPSA) is 69.6 Å². The number of rotatable bonds is 2. The number of nitrogens with zero attached hydrogens (tertiary/aromatic N) is 4. The SMILES string of the molecule is Cc1ccc(Cl)c(-n2nnnc2-c2cccc(N)c2)c1Cl. The molecule has 0 bridgehead atoms. The van der Waals surface area contributed by atoms with Gasteiger partial charge in [0, 0.05) is 11.3 Å². The van der Waals surface area contributed by atoms with Crippen molar-refractivity contribution < 1.29 is 0 Å². The van der Waals surface area contributed by atoms with Crippen molar-refractivity contribution in [2.24, 2.45) is 0 Å². The highest BCUT2D eigenvalue weighted by molar-refractivity contribution is 6.38. The van der Waals surface area contributed by atoms with E-state index in [9.17, 15) is 0 Å². The van der Waals surface area contributed by atoms with Crippen LogP contribution in [0.25, 0.3) is 17.1 Å². The first-order chi connectivity index (χ1) is 10.1. The number of benzene rings is 2. The minimum Gasteiger partial charge on any atom is -0.399 e. The van der Waals surface area contributed by atoms with Crippen molar-refractivity contribution in [3.8, 4) is 17.1 Å². The molecule has 3 aromatic rings. The minimum absolute atomic E-state index is 0.475. The van der Waals surface area contributed by atoms with Crippen LogP contribution in [-0.4, -0.2) is 20.2 Å². The number of nitrogen functional groups attached to an aromatic ring is 1. The Morgan fingerprint density at radius 1 is 1.14 bits per heavy atom. The van der Waals surface area contributed by atoms with Gasteiger partial charge in [0.15, 0.2) is 5.82 Å². The average molecular weight is 320 g/mol. The van der Waals surface area contributed by atoms with E-state index in [1.807, 2.05) is 25.1 Å². The number of hydrogen-bond acceptors (Lipinski definition) is 4. The lowest BCUT2D eigenvalue weighted by atomic mass is 10.1. The maximum Gasteiger partial charge on any atom is 0.187 e. The molecule has 7 heteroatoms. The second-order valence-electron chi connectivity index (χ2n) is 4.57. The van der Waals surface area contributed by atoms with Gasteiger partial charge in [-0.3, -0.25) is 0 Å². The van der Waals surface area contributed by atoms with Crippen molar-refractivity contribution in [1.82, 2.24) is 20.2 Å². The average Bonchev–Trinajstić information content (AvgIpc) is 2.93. The van der Waals surface area contributed by atoms with E-state index in [1.54, 1.807) is 18.2 Å². The number of anilines is 1. The summed E-state index contributed by atoms with van der Waals surface area (Å²) in [5.74, 6) is 0.525. The highest BCUT2D eigenvalue weighted by Crippen LogP contribution is 2.33. The third-order valence-corrected chi connectivity index (χ3v) is 3.87. The lowest BCUT2D eigenvalue weighted by molar-refractivity contribution is 0.791. The molecule has 0 unspecified atom stereocenters. The Balaban J connectivity index is 2.23. The van der Waals surface area contributed by atoms with Gasteiger partial charge in [0.05, 0.1) is 10.0 Å². The van der Waals surface area contributed by atoms with Gasteiger partial charge in [0.25, 0.3) is 0 Å². The first-order valence-electron chi connectivity index (χ1n) is 6.17. The first kappa shape index (κ1) is 13.9. The zero-order valence-corrected chi connectivity index (χ0v) is 12.6. The van der Waals surface area contributed by atoms with Crippen LogP contribution in [0.15, 0.2) is 36.4 Å². The van der Waals surface area contributed by atoms with Crippen molar-refractivity contribution in [3.05, 3.63) is 52.0 Å². The Bertz CT molecular complexity index is 813. The third kappa shape index (κ3) is 2.46. The zero-order valence-electron chi connectivity index (χ0n) is 11.1. The molecule has 0 spiro atoms. The summed E-state index contributed by atoms with van der Waals surface area (Å²) in [4.78, 5) is 0. The molecule has 0 atom stereocenters. The molecule has 1 heterocycles. The van der Waals surface area contributed by atoms with Gasteiger partial charge in [0.1, 0.15) is 5.69 Å². The Morgan fingerprint density at radius 2 is 1.95 bits per heavy atom. The molecular weight excluding hydrogens is 309 g/mol. The van der Waals surface area contributed by atoms with E-state index >= 15 is 0 Å².